The highest BCUT2D eigenvalue weighted by atomic mass is 35.5. The maximum Gasteiger partial charge on any atom is 0.161 e. The molecule has 3 aromatic rings. The summed E-state index contributed by atoms with van der Waals surface area (Å²) in [5.74, 6) is 0.661. The van der Waals surface area contributed by atoms with Crippen LogP contribution in [0.25, 0.3) is 0 Å². The van der Waals surface area contributed by atoms with Gasteiger partial charge in [0.25, 0.3) is 0 Å². The van der Waals surface area contributed by atoms with Crippen LogP contribution in [0.3, 0.4) is 0 Å². The van der Waals surface area contributed by atoms with Gasteiger partial charge in [-0.25, -0.2) is 4.39 Å². The minimum Gasteiger partial charge on any atom is -0.490 e. The monoisotopic (exact) mass is 398 g/mol. The van der Waals surface area contributed by atoms with Gasteiger partial charge in [-0.2, -0.15) is 5.10 Å². The van der Waals surface area contributed by atoms with Crippen LogP contribution in [0.5, 0.6) is 11.5 Å². The number of ether oxygens (including phenoxy) is 2. The van der Waals surface area contributed by atoms with E-state index in [1.54, 1.807) is 24.4 Å². The van der Waals surface area contributed by atoms with Crippen LogP contribution < -0.4 is 14.9 Å². The quantitative estimate of drug-likeness (QED) is 0.379. The molecule has 3 rings (SSSR count). The van der Waals surface area contributed by atoms with Gasteiger partial charge >= 0.3 is 0 Å². The van der Waals surface area contributed by atoms with Crippen LogP contribution in [-0.2, 0) is 6.61 Å². The minimum absolute atomic E-state index is 0.00851. The van der Waals surface area contributed by atoms with Crippen LogP contribution >= 0.6 is 11.6 Å². The van der Waals surface area contributed by atoms with Gasteiger partial charge in [0.15, 0.2) is 11.5 Å². The molecule has 0 aromatic heterocycles. The lowest BCUT2D eigenvalue weighted by Crippen LogP contribution is -2.02. The molecule has 4 nitrogen and oxygen atoms in total. The number of para-hydroxylation sites is 1. The Balaban J connectivity index is 1.71. The number of hydrogen-bond acceptors (Lipinski definition) is 4. The predicted molar refractivity (Wildman–Crippen MR) is 111 cm³/mol. The summed E-state index contributed by atoms with van der Waals surface area (Å²) in [6.07, 6.45) is 1.69. The molecule has 0 unspecified atom stereocenters. The third-order valence-electron chi connectivity index (χ3n) is 3.88. The molecule has 0 saturated carbocycles. The molecule has 0 amide bonds. The molecule has 144 valence electrons. The minimum atomic E-state index is -0.402. The van der Waals surface area contributed by atoms with E-state index in [0.717, 1.165) is 11.3 Å². The third kappa shape index (κ3) is 5.24. The predicted octanol–water partition coefficient (Wildman–Crippen LogP) is 5.90. The highest BCUT2D eigenvalue weighted by Gasteiger charge is 2.11. The second-order valence-electron chi connectivity index (χ2n) is 5.86. The van der Waals surface area contributed by atoms with E-state index in [9.17, 15) is 4.39 Å². The SMILES string of the molecule is CCOc1cc(/C=N/Nc2ccccc2)ccc1OCc1c(F)cccc1Cl. The van der Waals surface area contributed by atoms with Crippen LogP contribution in [0.4, 0.5) is 10.1 Å². The highest BCUT2D eigenvalue weighted by molar-refractivity contribution is 6.31. The zero-order valence-electron chi connectivity index (χ0n) is 15.4. The summed E-state index contributed by atoms with van der Waals surface area (Å²) >= 11 is 6.05. The summed E-state index contributed by atoms with van der Waals surface area (Å²) in [7, 11) is 0. The number of hydrazone groups is 1. The molecule has 0 spiro atoms. The van der Waals surface area contributed by atoms with E-state index in [0.29, 0.717) is 28.7 Å². The molecule has 0 atom stereocenters. The Hall–Kier alpha value is -3.05. The standard InChI is InChI=1S/C22H20ClFN2O2/c1-2-27-22-13-16(14-25-26-17-7-4-3-5-8-17)11-12-21(22)28-15-18-19(23)9-6-10-20(18)24/h3-14,26H,2,15H2,1H3/b25-14+. The Morgan fingerprint density at radius 2 is 1.82 bits per heavy atom. The fourth-order valence-corrected chi connectivity index (χ4v) is 2.72. The van der Waals surface area contributed by atoms with Crippen LogP contribution in [0.15, 0.2) is 71.8 Å². The Labute approximate surface area is 168 Å². The zero-order chi connectivity index (χ0) is 19.8. The molecule has 1 N–H and O–H groups in total. The van der Waals surface area contributed by atoms with Gasteiger partial charge in [-0.3, -0.25) is 5.43 Å². The Kier molecular flexibility index (Phi) is 6.87. The second-order valence-corrected chi connectivity index (χ2v) is 6.27. The van der Waals surface area contributed by atoms with Crippen molar-refractivity contribution in [3.05, 3.63) is 88.7 Å². The summed E-state index contributed by atoms with van der Waals surface area (Å²) in [6, 6.07) is 19.6. The molecule has 0 radical (unpaired) electrons. The number of nitrogens with one attached hydrogen (secondary N) is 1. The molecule has 0 aliphatic rings. The molecule has 28 heavy (non-hydrogen) atoms. The van der Waals surface area contributed by atoms with E-state index < -0.39 is 5.82 Å². The lowest BCUT2D eigenvalue weighted by atomic mass is 10.2. The van der Waals surface area contributed by atoms with Gasteiger partial charge in [0.2, 0.25) is 0 Å². The summed E-state index contributed by atoms with van der Waals surface area (Å²) in [6.45, 7) is 2.36. The molecular weight excluding hydrogens is 379 g/mol. The van der Waals surface area contributed by atoms with Gasteiger partial charge in [-0.05, 0) is 55.0 Å². The summed E-state index contributed by atoms with van der Waals surface area (Å²) in [4.78, 5) is 0. The molecule has 0 aliphatic carbocycles. The van der Waals surface area contributed by atoms with Crippen LogP contribution in [0.2, 0.25) is 5.02 Å². The van der Waals surface area contributed by atoms with Crippen molar-refractivity contribution in [1.29, 1.82) is 0 Å². The fraction of sp³-hybridized carbons (Fsp3) is 0.136. The van der Waals surface area contributed by atoms with Crippen LogP contribution in [0.1, 0.15) is 18.1 Å². The molecule has 6 heteroatoms. The first-order valence-electron chi connectivity index (χ1n) is 8.84. The highest BCUT2D eigenvalue weighted by Crippen LogP contribution is 2.30. The first-order chi connectivity index (χ1) is 13.7. The van der Waals surface area contributed by atoms with Gasteiger partial charge in [0.1, 0.15) is 12.4 Å². The van der Waals surface area contributed by atoms with Crippen molar-refractivity contribution in [2.24, 2.45) is 5.10 Å². The molecule has 3 aromatic carbocycles. The third-order valence-corrected chi connectivity index (χ3v) is 4.24. The number of hydrogen-bond donors (Lipinski definition) is 1. The van der Waals surface area contributed by atoms with Crippen molar-refractivity contribution in [1.82, 2.24) is 0 Å². The maximum atomic E-state index is 13.9. The van der Waals surface area contributed by atoms with Gasteiger partial charge < -0.3 is 9.47 Å². The second kappa shape index (κ2) is 9.76. The Morgan fingerprint density at radius 1 is 1.00 bits per heavy atom. The van der Waals surface area contributed by atoms with Crippen LogP contribution in [-0.4, -0.2) is 12.8 Å². The van der Waals surface area contributed by atoms with Crippen molar-refractivity contribution >= 4 is 23.5 Å². The molecule has 0 aliphatic heterocycles. The lowest BCUT2D eigenvalue weighted by Gasteiger charge is -2.13. The molecular formula is C22H20ClFN2O2. The fourth-order valence-electron chi connectivity index (χ4n) is 2.51. The Bertz CT molecular complexity index is 928. The van der Waals surface area contributed by atoms with Crippen molar-refractivity contribution in [2.45, 2.75) is 13.5 Å². The number of benzene rings is 3. The van der Waals surface area contributed by atoms with Gasteiger partial charge in [-0.1, -0.05) is 35.9 Å². The molecule has 0 bridgehead atoms. The van der Waals surface area contributed by atoms with E-state index in [-0.39, 0.29) is 6.61 Å². The number of halogens is 2. The number of nitrogens with zero attached hydrogens (tertiary/aromatic N) is 1. The lowest BCUT2D eigenvalue weighted by molar-refractivity contribution is 0.266. The number of rotatable bonds is 8. The average molecular weight is 399 g/mol. The summed E-state index contributed by atoms with van der Waals surface area (Å²) < 4.78 is 25.3. The molecule has 0 heterocycles. The topological polar surface area (TPSA) is 42.8 Å². The normalized spacial score (nSPS) is 10.8. The summed E-state index contributed by atoms with van der Waals surface area (Å²) in [5.41, 5.74) is 5.00. The van der Waals surface area contributed by atoms with E-state index in [2.05, 4.69) is 10.5 Å². The van der Waals surface area contributed by atoms with E-state index in [4.69, 9.17) is 21.1 Å². The first kappa shape index (κ1) is 19.7. The van der Waals surface area contributed by atoms with E-state index in [1.165, 1.54) is 6.07 Å². The van der Waals surface area contributed by atoms with Crippen molar-refractivity contribution < 1.29 is 13.9 Å². The van der Waals surface area contributed by atoms with Crippen LogP contribution in [0, 0.1) is 5.82 Å². The van der Waals surface area contributed by atoms with Crippen molar-refractivity contribution in [3.8, 4) is 11.5 Å². The first-order valence-corrected chi connectivity index (χ1v) is 9.22. The van der Waals surface area contributed by atoms with Crippen molar-refractivity contribution in [2.75, 3.05) is 12.0 Å². The largest absolute Gasteiger partial charge is 0.490 e. The Morgan fingerprint density at radius 3 is 2.57 bits per heavy atom. The van der Waals surface area contributed by atoms with E-state index >= 15 is 0 Å². The van der Waals surface area contributed by atoms with Gasteiger partial charge in [0, 0.05) is 5.56 Å². The maximum absolute atomic E-state index is 13.9. The van der Waals surface area contributed by atoms with Gasteiger partial charge in [-0.15, -0.1) is 0 Å². The average Bonchev–Trinajstić information content (AvgIpc) is 2.70. The molecule has 0 fully saturated rings. The zero-order valence-corrected chi connectivity index (χ0v) is 16.1. The van der Waals surface area contributed by atoms with Gasteiger partial charge in [0.05, 0.1) is 23.5 Å². The molecule has 0 saturated heterocycles. The number of anilines is 1. The summed E-state index contributed by atoms with van der Waals surface area (Å²) in [5, 5.41) is 4.55. The van der Waals surface area contributed by atoms with E-state index in [1.807, 2.05) is 49.4 Å². The van der Waals surface area contributed by atoms with Crippen molar-refractivity contribution in [3.63, 3.8) is 0 Å². The smallest absolute Gasteiger partial charge is 0.161 e.